The van der Waals surface area contributed by atoms with Gasteiger partial charge in [-0.25, -0.2) is 0 Å². The monoisotopic (exact) mass is 304 g/mol. The average molecular weight is 305 g/mol. The minimum Gasteiger partial charge on any atom is -0.299 e. The lowest BCUT2D eigenvalue weighted by Gasteiger charge is -2.36. The fourth-order valence-electron chi connectivity index (χ4n) is 4.49. The highest BCUT2D eigenvalue weighted by Gasteiger charge is 2.63. The lowest BCUT2D eigenvalue weighted by atomic mass is 9.66. The van der Waals surface area contributed by atoms with Gasteiger partial charge in [-0.1, -0.05) is 37.6 Å². The van der Waals surface area contributed by atoms with Gasteiger partial charge in [-0.15, -0.1) is 0 Å². The molecule has 0 radical (unpaired) electrons. The molecule has 0 N–H and O–H groups in total. The van der Waals surface area contributed by atoms with Crippen molar-refractivity contribution in [3.63, 3.8) is 0 Å². The van der Waals surface area contributed by atoms with E-state index in [1.807, 2.05) is 0 Å². The van der Waals surface area contributed by atoms with Crippen molar-refractivity contribution >= 4 is 23.2 Å². The van der Waals surface area contributed by atoms with E-state index in [2.05, 4.69) is 13.8 Å². The van der Waals surface area contributed by atoms with E-state index in [1.165, 1.54) is 0 Å². The van der Waals surface area contributed by atoms with E-state index in [9.17, 15) is 9.59 Å². The van der Waals surface area contributed by atoms with Crippen LogP contribution in [0.2, 0.25) is 5.02 Å². The predicted molar refractivity (Wildman–Crippen MR) is 83.6 cm³/mol. The highest BCUT2D eigenvalue weighted by Crippen LogP contribution is 2.65. The molecule has 2 aliphatic carbocycles. The van der Waals surface area contributed by atoms with Crippen LogP contribution in [0.3, 0.4) is 0 Å². The standard InChI is InChI=1S/C18H21ClO2/c1-17(2)13-6-8-18(17,16(21)11-13)9-7-15(20)12-4-3-5-14(19)10-12/h3-5,10,13H,6-9,11H2,1-2H3. The topological polar surface area (TPSA) is 34.1 Å². The molecule has 0 aliphatic heterocycles. The summed E-state index contributed by atoms with van der Waals surface area (Å²) in [7, 11) is 0. The third kappa shape index (κ3) is 2.15. The van der Waals surface area contributed by atoms with Gasteiger partial charge in [-0.05, 0) is 42.7 Å². The predicted octanol–water partition coefficient (Wildman–Crippen LogP) is 4.70. The third-order valence-corrected chi connectivity index (χ3v) is 6.30. The van der Waals surface area contributed by atoms with Crippen LogP contribution in [0.5, 0.6) is 0 Å². The van der Waals surface area contributed by atoms with Crippen LogP contribution in [-0.4, -0.2) is 11.6 Å². The number of halogens is 1. The van der Waals surface area contributed by atoms with Gasteiger partial charge < -0.3 is 0 Å². The Morgan fingerprint density at radius 1 is 1.38 bits per heavy atom. The van der Waals surface area contributed by atoms with Crippen molar-refractivity contribution < 1.29 is 9.59 Å². The smallest absolute Gasteiger partial charge is 0.162 e. The van der Waals surface area contributed by atoms with Crippen molar-refractivity contribution in [2.75, 3.05) is 0 Å². The molecule has 2 bridgehead atoms. The summed E-state index contributed by atoms with van der Waals surface area (Å²) in [5, 5.41) is 0.581. The Balaban J connectivity index is 1.76. The lowest BCUT2D eigenvalue weighted by Crippen LogP contribution is -2.36. The van der Waals surface area contributed by atoms with Crippen molar-refractivity contribution in [2.24, 2.45) is 16.7 Å². The molecule has 21 heavy (non-hydrogen) atoms. The molecule has 2 unspecified atom stereocenters. The maximum Gasteiger partial charge on any atom is 0.162 e. The van der Waals surface area contributed by atoms with E-state index in [0.717, 1.165) is 12.8 Å². The van der Waals surface area contributed by atoms with Gasteiger partial charge >= 0.3 is 0 Å². The molecule has 0 spiro atoms. The van der Waals surface area contributed by atoms with Crippen LogP contribution in [0, 0.1) is 16.7 Å². The van der Waals surface area contributed by atoms with E-state index >= 15 is 0 Å². The minimum atomic E-state index is -0.272. The summed E-state index contributed by atoms with van der Waals surface area (Å²) in [6.07, 6.45) is 3.90. The van der Waals surface area contributed by atoms with Gasteiger partial charge in [0.1, 0.15) is 5.78 Å². The van der Waals surface area contributed by atoms with Crippen molar-refractivity contribution in [2.45, 2.75) is 46.0 Å². The maximum atomic E-state index is 12.4. The van der Waals surface area contributed by atoms with Crippen LogP contribution in [0.1, 0.15) is 56.3 Å². The Hall–Kier alpha value is -1.15. The SMILES string of the molecule is CC1(C)C2CCC1(CCC(=O)c1cccc(Cl)c1)C(=O)C2. The Morgan fingerprint density at radius 3 is 2.71 bits per heavy atom. The van der Waals surface area contributed by atoms with Crippen LogP contribution in [0.25, 0.3) is 0 Å². The summed E-state index contributed by atoms with van der Waals surface area (Å²) < 4.78 is 0. The Labute approximate surface area is 130 Å². The Morgan fingerprint density at radius 2 is 2.14 bits per heavy atom. The van der Waals surface area contributed by atoms with E-state index < -0.39 is 0 Å². The molecule has 112 valence electrons. The molecule has 0 aromatic heterocycles. The summed E-state index contributed by atoms with van der Waals surface area (Å²) in [5.41, 5.74) is 0.418. The Bertz CT molecular complexity index is 605. The number of hydrogen-bond acceptors (Lipinski definition) is 2. The summed E-state index contributed by atoms with van der Waals surface area (Å²) >= 11 is 5.94. The molecular formula is C18H21ClO2. The van der Waals surface area contributed by atoms with Gasteiger partial charge in [-0.2, -0.15) is 0 Å². The first-order chi connectivity index (χ1) is 9.87. The molecule has 2 aliphatic rings. The molecule has 2 saturated carbocycles. The van der Waals surface area contributed by atoms with Gasteiger partial charge in [0, 0.05) is 28.8 Å². The fraction of sp³-hybridized carbons (Fsp3) is 0.556. The van der Waals surface area contributed by atoms with Crippen molar-refractivity contribution in [1.82, 2.24) is 0 Å². The number of rotatable bonds is 4. The van der Waals surface area contributed by atoms with Gasteiger partial charge in [0.05, 0.1) is 0 Å². The molecule has 1 aromatic rings. The zero-order valence-electron chi connectivity index (χ0n) is 12.6. The first kappa shape index (κ1) is 14.8. The quantitative estimate of drug-likeness (QED) is 0.756. The van der Waals surface area contributed by atoms with Crippen LogP contribution < -0.4 is 0 Å². The molecule has 1 aromatic carbocycles. The number of Topliss-reactive ketones (excluding diaryl/α,β-unsaturated/α-hetero) is 2. The van der Waals surface area contributed by atoms with Gasteiger partial charge in [0.15, 0.2) is 5.78 Å². The van der Waals surface area contributed by atoms with E-state index in [1.54, 1.807) is 24.3 Å². The highest BCUT2D eigenvalue weighted by atomic mass is 35.5. The zero-order valence-corrected chi connectivity index (χ0v) is 13.4. The van der Waals surface area contributed by atoms with E-state index in [0.29, 0.717) is 41.5 Å². The zero-order chi connectivity index (χ0) is 15.3. The van der Waals surface area contributed by atoms with E-state index in [4.69, 9.17) is 11.6 Å². The highest BCUT2D eigenvalue weighted by molar-refractivity contribution is 6.31. The fourth-order valence-corrected chi connectivity index (χ4v) is 4.68. The van der Waals surface area contributed by atoms with Crippen LogP contribution in [0.4, 0.5) is 0 Å². The van der Waals surface area contributed by atoms with Crippen molar-refractivity contribution in [1.29, 1.82) is 0 Å². The average Bonchev–Trinajstić information content (AvgIpc) is 2.79. The number of benzene rings is 1. The van der Waals surface area contributed by atoms with Crippen LogP contribution in [0.15, 0.2) is 24.3 Å². The molecular weight excluding hydrogens is 284 g/mol. The Kier molecular flexibility index (Phi) is 3.48. The molecule has 0 saturated heterocycles. The number of ketones is 2. The summed E-state index contributed by atoms with van der Waals surface area (Å²) in [5.74, 6) is 0.972. The molecule has 3 heteroatoms. The summed E-state index contributed by atoms with van der Waals surface area (Å²) in [4.78, 5) is 24.8. The minimum absolute atomic E-state index is 0.0404. The van der Waals surface area contributed by atoms with Gasteiger partial charge in [0.2, 0.25) is 0 Å². The molecule has 2 nitrogen and oxygen atoms in total. The van der Waals surface area contributed by atoms with Gasteiger partial charge in [-0.3, -0.25) is 9.59 Å². The normalized spacial score (nSPS) is 29.9. The van der Waals surface area contributed by atoms with E-state index in [-0.39, 0.29) is 16.6 Å². The van der Waals surface area contributed by atoms with Gasteiger partial charge in [0.25, 0.3) is 0 Å². The molecule has 3 rings (SSSR count). The van der Waals surface area contributed by atoms with Crippen molar-refractivity contribution in [3.05, 3.63) is 34.9 Å². The molecule has 2 atom stereocenters. The molecule has 0 amide bonds. The number of hydrogen-bond donors (Lipinski definition) is 0. The lowest BCUT2D eigenvalue weighted by molar-refractivity contribution is -0.129. The number of fused-ring (bicyclic) bond motifs is 2. The maximum absolute atomic E-state index is 12.4. The molecule has 0 heterocycles. The first-order valence-electron chi connectivity index (χ1n) is 7.69. The summed E-state index contributed by atoms with van der Waals surface area (Å²) in [6, 6.07) is 7.07. The second kappa shape index (κ2) is 4.95. The second-order valence-corrected chi connectivity index (χ2v) is 7.54. The third-order valence-electron chi connectivity index (χ3n) is 6.06. The number of carbonyl (C=O) groups is 2. The summed E-state index contributed by atoms with van der Waals surface area (Å²) in [6.45, 7) is 4.42. The van der Waals surface area contributed by atoms with Crippen LogP contribution >= 0.6 is 11.6 Å². The largest absolute Gasteiger partial charge is 0.299 e. The van der Waals surface area contributed by atoms with Crippen molar-refractivity contribution in [3.8, 4) is 0 Å². The second-order valence-electron chi connectivity index (χ2n) is 7.10. The van der Waals surface area contributed by atoms with Crippen LogP contribution in [-0.2, 0) is 4.79 Å². The number of carbonyl (C=O) groups excluding carboxylic acids is 2. The first-order valence-corrected chi connectivity index (χ1v) is 8.07. The molecule has 2 fully saturated rings.